The van der Waals surface area contributed by atoms with Gasteiger partial charge in [-0.15, -0.1) is 0 Å². The number of urea groups is 1. The van der Waals surface area contributed by atoms with Gasteiger partial charge in [0.25, 0.3) is 0 Å². The highest BCUT2D eigenvalue weighted by atomic mass is 35.5. The van der Waals surface area contributed by atoms with Gasteiger partial charge in [0.05, 0.1) is 32.2 Å². The summed E-state index contributed by atoms with van der Waals surface area (Å²) in [6, 6.07) is 7.00. The number of imide groups is 1. The number of benzene rings is 2. The monoisotopic (exact) mass is 806 g/mol. The molecule has 2 aromatic carbocycles. The summed E-state index contributed by atoms with van der Waals surface area (Å²) < 4.78 is 28.5. The Kier molecular flexibility index (Phi) is 13.5. The van der Waals surface area contributed by atoms with Crippen LogP contribution in [0.4, 0.5) is 43.1 Å². The van der Waals surface area contributed by atoms with Crippen molar-refractivity contribution < 1.29 is 37.8 Å². The van der Waals surface area contributed by atoms with E-state index in [0.717, 1.165) is 16.8 Å². The zero-order chi connectivity index (χ0) is 41.1. The maximum absolute atomic E-state index is 14.4. The summed E-state index contributed by atoms with van der Waals surface area (Å²) in [7, 11) is 2.00. The van der Waals surface area contributed by atoms with E-state index in [0.29, 0.717) is 11.5 Å². The number of methoxy groups -OCH3 is 2. The Balaban J connectivity index is 2.15. The van der Waals surface area contributed by atoms with Crippen LogP contribution in [0.1, 0.15) is 67.9 Å². The summed E-state index contributed by atoms with van der Waals surface area (Å²) in [6.07, 6.45) is -0.750. The topological polar surface area (TPSA) is 159 Å². The van der Waals surface area contributed by atoms with Gasteiger partial charge in [-0.1, -0.05) is 50.0 Å². The van der Waals surface area contributed by atoms with Gasteiger partial charge in [0.1, 0.15) is 56.4 Å². The van der Waals surface area contributed by atoms with E-state index in [-0.39, 0.29) is 55.3 Å². The second kappa shape index (κ2) is 16.6. The van der Waals surface area contributed by atoms with E-state index in [1.165, 1.54) is 38.3 Å². The summed E-state index contributed by atoms with van der Waals surface area (Å²) in [5.74, 6) is 0.120. The first-order valence-electron chi connectivity index (χ1n) is 17.0. The van der Waals surface area contributed by atoms with Crippen LogP contribution >= 0.6 is 23.2 Å². The Morgan fingerprint density at radius 1 is 0.796 bits per heavy atom. The van der Waals surface area contributed by atoms with E-state index in [9.17, 15) is 14.4 Å². The van der Waals surface area contributed by atoms with Crippen molar-refractivity contribution in [1.29, 1.82) is 0 Å². The molecule has 0 spiro atoms. The van der Waals surface area contributed by atoms with Gasteiger partial charge in [-0.3, -0.25) is 4.90 Å². The number of nitrogens with zero attached hydrogens (tertiary/aromatic N) is 5. The first kappa shape index (κ1) is 44.1. The lowest BCUT2D eigenvalue weighted by molar-refractivity contribution is 0.0584. The normalized spacial score (nSPS) is 12.1. The van der Waals surface area contributed by atoms with Gasteiger partial charge in [0.15, 0.2) is 8.32 Å². The maximum Gasteiger partial charge on any atom is 0.423 e. The predicted octanol–water partition coefficient (Wildman–Crippen LogP) is 9.98. The van der Waals surface area contributed by atoms with Crippen LogP contribution in [0.15, 0.2) is 36.7 Å². The summed E-state index contributed by atoms with van der Waals surface area (Å²) >= 11 is 13.3. The Hall–Kier alpha value is -4.31. The number of ether oxygens (including phenoxy) is 4. The minimum atomic E-state index is -2.06. The third-order valence-corrected chi connectivity index (χ3v) is 13.6. The lowest BCUT2D eigenvalue weighted by Crippen LogP contribution is -2.48. The molecular weight excluding hydrogens is 755 g/mol. The second-order valence-corrected chi connectivity index (χ2v) is 21.5. The fourth-order valence-electron chi connectivity index (χ4n) is 4.53. The number of hydrogen-bond acceptors (Lipinski definition) is 11. The quantitative estimate of drug-likeness (QED) is 0.162. The molecule has 0 fully saturated rings. The second-order valence-electron chi connectivity index (χ2n) is 15.9. The van der Waals surface area contributed by atoms with E-state index >= 15 is 0 Å². The number of carbonyl (C=O) groups is 3. The molecule has 0 aliphatic carbocycles. The third-order valence-electron chi connectivity index (χ3n) is 8.35. The molecule has 0 aliphatic rings. The standard InChI is InChI=1S/C37H52Cl2N6O8Si/c1-35(2,3)52-33(47)44(24-16-15-22(17-23(24)40)20-51-54(13,14)37(7,8)9)28-19-27(41-21-42-28)43(10)32(46)45(34(48)53-36(4,5)6)31-29(38)25(49-11)18-26(50-12)30(31)39/h15-19,21H,20,40H2,1-14H3. The Morgan fingerprint density at radius 3 is 1.80 bits per heavy atom. The van der Waals surface area contributed by atoms with Gasteiger partial charge in [-0.05, 0) is 77.4 Å². The predicted molar refractivity (Wildman–Crippen MR) is 215 cm³/mol. The van der Waals surface area contributed by atoms with E-state index in [4.69, 9.17) is 52.3 Å². The first-order valence-corrected chi connectivity index (χ1v) is 20.7. The molecule has 3 aromatic rings. The molecule has 0 saturated carbocycles. The molecule has 0 radical (unpaired) electrons. The van der Waals surface area contributed by atoms with Crippen molar-refractivity contribution in [2.24, 2.45) is 0 Å². The van der Waals surface area contributed by atoms with E-state index in [1.807, 2.05) is 6.07 Å². The van der Waals surface area contributed by atoms with Crippen molar-refractivity contribution >= 4 is 78.4 Å². The fraction of sp³-hybridized carbons (Fsp3) is 0.486. The molecular formula is C37H52Cl2N6O8Si. The van der Waals surface area contributed by atoms with Crippen molar-refractivity contribution in [2.75, 3.05) is 41.7 Å². The van der Waals surface area contributed by atoms with Gasteiger partial charge in [-0.2, -0.15) is 4.90 Å². The smallest absolute Gasteiger partial charge is 0.423 e. The number of amides is 4. The molecule has 0 aliphatic heterocycles. The summed E-state index contributed by atoms with van der Waals surface area (Å²) in [6.45, 7) is 21.2. The number of anilines is 5. The highest BCUT2D eigenvalue weighted by Crippen LogP contribution is 2.47. The van der Waals surface area contributed by atoms with Crippen molar-refractivity contribution in [1.82, 2.24) is 9.97 Å². The molecule has 0 unspecified atom stereocenters. The molecule has 0 atom stereocenters. The number of halogens is 2. The number of nitrogen functional groups attached to an aromatic ring is 1. The van der Waals surface area contributed by atoms with E-state index in [2.05, 4.69) is 43.8 Å². The molecule has 14 nitrogen and oxygen atoms in total. The van der Waals surface area contributed by atoms with Crippen LogP contribution in [0.3, 0.4) is 0 Å². The Labute approximate surface area is 328 Å². The minimum Gasteiger partial charge on any atom is -0.495 e. The lowest BCUT2D eigenvalue weighted by atomic mass is 10.1. The molecule has 296 valence electrons. The summed E-state index contributed by atoms with van der Waals surface area (Å²) in [5, 5.41) is -0.317. The highest BCUT2D eigenvalue weighted by Gasteiger charge is 2.39. The lowest BCUT2D eigenvalue weighted by Gasteiger charge is -2.36. The molecule has 17 heteroatoms. The number of carbonyl (C=O) groups excluding carboxylic acids is 3. The third kappa shape index (κ3) is 10.5. The summed E-state index contributed by atoms with van der Waals surface area (Å²) in [4.78, 5) is 53.5. The van der Waals surface area contributed by atoms with Crippen LogP contribution in [0.2, 0.25) is 28.2 Å². The summed E-state index contributed by atoms with van der Waals surface area (Å²) in [5.41, 5.74) is 5.73. The van der Waals surface area contributed by atoms with Crippen LogP contribution in [-0.4, -0.2) is 69.0 Å². The van der Waals surface area contributed by atoms with Crippen LogP contribution in [0.25, 0.3) is 0 Å². The van der Waals surface area contributed by atoms with Crippen LogP contribution < -0.4 is 29.9 Å². The number of hydrogen-bond donors (Lipinski definition) is 1. The molecule has 0 bridgehead atoms. The largest absolute Gasteiger partial charge is 0.495 e. The number of nitrogens with two attached hydrogens (primary N) is 1. The molecule has 54 heavy (non-hydrogen) atoms. The SMILES string of the molecule is COc1cc(OC)c(Cl)c(N(C(=O)OC(C)(C)C)C(=O)N(C)c2cc(N(C(=O)OC(C)(C)C)c3ccc(CO[Si](C)(C)C(C)(C)C)cc3N)ncn2)c1Cl. The van der Waals surface area contributed by atoms with Gasteiger partial charge in [0, 0.05) is 19.2 Å². The zero-order valence-corrected chi connectivity index (χ0v) is 36.0. The Morgan fingerprint density at radius 2 is 1.31 bits per heavy atom. The average Bonchev–Trinajstić information content (AvgIpc) is 3.04. The van der Waals surface area contributed by atoms with Crippen LogP contribution in [0, 0.1) is 0 Å². The average molecular weight is 808 g/mol. The number of rotatable bonds is 9. The molecule has 0 saturated heterocycles. The molecule has 1 aromatic heterocycles. The van der Waals surface area contributed by atoms with Crippen LogP contribution in [-0.2, 0) is 20.5 Å². The fourth-order valence-corrected chi connectivity index (χ4v) is 6.16. The van der Waals surface area contributed by atoms with Gasteiger partial charge in [-0.25, -0.2) is 29.3 Å². The van der Waals surface area contributed by atoms with Crippen molar-refractivity contribution in [3.05, 3.63) is 52.3 Å². The highest BCUT2D eigenvalue weighted by molar-refractivity contribution is 6.74. The van der Waals surface area contributed by atoms with E-state index < -0.39 is 37.7 Å². The number of aromatic nitrogens is 2. The first-order chi connectivity index (χ1) is 24.7. The molecule has 1 heterocycles. The van der Waals surface area contributed by atoms with Crippen molar-refractivity contribution in [2.45, 2.75) is 98.3 Å². The molecule has 2 N–H and O–H groups in total. The minimum absolute atomic E-state index is 0.00815. The van der Waals surface area contributed by atoms with Crippen molar-refractivity contribution in [3.8, 4) is 11.5 Å². The molecule has 4 amide bonds. The zero-order valence-electron chi connectivity index (χ0n) is 33.5. The Bertz CT molecular complexity index is 1850. The van der Waals surface area contributed by atoms with Gasteiger partial charge >= 0.3 is 18.2 Å². The van der Waals surface area contributed by atoms with Gasteiger partial charge in [0.2, 0.25) is 0 Å². The van der Waals surface area contributed by atoms with Crippen LogP contribution in [0.5, 0.6) is 11.5 Å². The van der Waals surface area contributed by atoms with Crippen molar-refractivity contribution in [3.63, 3.8) is 0 Å². The van der Waals surface area contributed by atoms with Gasteiger partial charge < -0.3 is 29.1 Å². The molecule has 3 rings (SSSR count). The maximum atomic E-state index is 14.4. The van der Waals surface area contributed by atoms with E-state index in [1.54, 1.807) is 53.7 Å².